The number of rotatable bonds is 7. The summed E-state index contributed by atoms with van der Waals surface area (Å²) in [5, 5.41) is 2.97. The molecule has 1 N–H and O–H groups in total. The second-order valence-electron chi connectivity index (χ2n) is 5.93. The molecule has 0 atom stereocenters. The molecular weight excluding hydrogens is 286 g/mol. The van der Waals surface area contributed by atoms with E-state index >= 15 is 0 Å². The third kappa shape index (κ3) is 5.83. The van der Waals surface area contributed by atoms with Crippen LogP contribution in [0, 0.1) is 13.8 Å². The highest BCUT2D eigenvalue weighted by molar-refractivity contribution is 5.94. The van der Waals surface area contributed by atoms with Gasteiger partial charge in [0.05, 0.1) is 0 Å². The Morgan fingerprint density at radius 3 is 2.39 bits per heavy atom. The average Bonchev–Trinajstić information content (AvgIpc) is 2.53. The molecule has 0 bridgehead atoms. The molecular formula is C19H25N3O. The lowest BCUT2D eigenvalue weighted by Gasteiger charge is -2.17. The Kier molecular flexibility index (Phi) is 6.29. The molecule has 1 heterocycles. The molecule has 2 rings (SSSR count). The quantitative estimate of drug-likeness (QED) is 0.855. The largest absolute Gasteiger partial charge is 0.351 e. The van der Waals surface area contributed by atoms with E-state index in [1.807, 2.05) is 32.0 Å². The summed E-state index contributed by atoms with van der Waals surface area (Å²) in [6.07, 6.45) is 1.02. The molecule has 1 aromatic heterocycles. The first-order chi connectivity index (χ1) is 11.0. The molecule has 0 saturated carbocycles. The van der Waals surface area contributed by atoms with Crippen molar-refractivity contribution in [3.05, 3.63) is 65.0 Å². The highest BCUT2D eigenvalue weighted by Gasteiger charge is 2.07. The van der Waals surface area contributed by atoms with Crippen molar-refractivity contribution in [1.29, 1.82) is 0 Å². The van der Waals surface area contributed by atoms with Gasteiger partial charge in [-0.05, 0) is 45.0 Å². The third-order valence-electron chi connectivity index (χ3n) is 3.75. The Labute approximate surface area is 138 Å². The molecule has 0 unspecified atom stereocenters. The average molecular weight is 311 g/mol. The molecule has 0 radical (unpaired) electrons. The van der Waals surface area contributed by atoms with Crippen LogP contribution < -0.4 is 5.32 Å². The number of likely N-dealkylation sites (N-methyl/N-ethyl adjacent to an activating group) is 1. The SMILES string of the molecule is Cc1cc(C(=O)NCCN(C)CCc2ccccc2)cc(C)n1. The van der Waals surface area contributed by atoms with Crippen LogP contribution in [-0.4, -0.2) is 42.5 Å². The maximum Gasteiger partial charge on any atom is 0.251 e. The van der Waals surface area contributed by atoms with Gasteiger partial charge in [0, 0.05) is 36.6 Å². The molecule has 0 aliphatic heterocycles. The van der Waals surface area contributed by atoms with E-state index in [-0.39, 0.29) is 5.91 Å². The predicted molar refractivity (Wildman–Crippen MR) is 93.7 cm³/mol. The van der Waals surface area contributed by atoms with Crippen LogP contribution in [0.1, 0.15) is 27.3 Å². The van der Waals surface area contributed by atoms with Gasteiger partial charge in [0.15, 0.2) is 0 Å². The normalized spacial score (nSPS) is 10.8. The number of aromatic nitrogens is 1. The van der Waals surface area contributed by atoms with E-state index in [0.29, 0.717) is 12.1 Å². The predicted octanol–water partition coefficient (Wildman–Crippen LogP) is 2.60. The first kappa shape index (κ1) is 17.2. The molecule has 4 nitrogen and oxygen atoms in total. The maximum absolute atomic E-state index is 12.2. The topological polar surface area (TPSA) is 45.2 Å². The van der Waals surface area contributed by atoms with Crippen LogP contribution in [0.3, 0.4) is 0 Å². The van der Waals surface area contributed by atoms with E-state index in [9.17, 15) is 4.79 Å². The van der Waals surface area contributed by atoms with Gasteiger partial charge < -0.3 is 10.2 Å². The van der Waals surface area contributed by atoms with Crippen molar-refractivity contribution >= 4 is 5.91 Å². The number of carbonyl (C=O) groups is 1. The monoisotopic (exact) mass is 311 g/mol. The summed E-state index contributed by atoms with van der Waals surface area (Å²) in [4.78, 5) is 18.7. The lowest BCUT2D eigenvalue weighted by molar-refractivity contribution is 0.0949. The zero-order valence-corrected chi connectivity index (χ0v) is 14.2. The standard InChI is InChI=1S/C19H25N3O/c1-15-13-18(14-16(2)21-15)19(23)20-10-12-22(3)11-9-17-7-5-4-6-8-17/h4-8,13-14H,9-12H2,1-3H3,(H,20,23). The molecule has 0 aliphatic carbocycles. The lowest BCUT2D eigenvalue weighted by atomic mass is 10.1. The second-order valence-corrected chi connectivity index (χ2v) is 5.93. The fourth-order valence-electron chi connectivity index (χ4n) is 2.50. The Hall–Kier alpha value is -2.20. The van der Waals surface area contributed by atoms with Crippen molar-refractivity contribution in [2.24, 2.45) is 0 Å². The lowest BCUT2D eigenvalue weighted by Crippen LogP contribution is -2.34. The summed E-state index contributed by atoms with van der Waals surface area (Å²) < 4.78 is 0. The number of nitrogens with zero attached hydrogens (tertiary/aromatic N) is 2. The van der Waals surface area contributed by atoms with Crippen molar-refractivity contribution in [3.63, 3.8) is 0 Å². The molecule has 0 saturated heterocycles. The van der Waals surface area contributed by atoms with Crippen LogP contribution in [0.15, 0.2) is 42.5 Å². The zero-order valence-electron chi connectivity index (χ0n) is 14.2. The fourth-order valence-corrected chi connectivity index (χ4v) is 2.50. The maximum atomic E-state index is 12.2. The van der Waals surface area contributed by atoms with Crippen LogP contribution in [0.4, 0.5) is 0 Å². The molecule has 0 aliphatic rings. The van der Waals surface area contributed by atoms with Gasteiger partial charge in [0.2, 0.25) is 0 Å². The summed E-state index contributed by atoms with van der Waals surface area (Å²) >= 11 is 0. The third-order valence-corrected chi connectivity index (χ3v) is 3.75. The van der Waals surface area contributed by atoms with Crippen LogP contribution in [0.5, 0.6) is 0 Å². The number of nitrogens with one attached hydrogen (secondary N) is 1. The molecule has 2 aromatic rings. The van der Waals surface area contributed by atoms with Crippen molar-refractivity contribution in [2.75, 3.05) is 26.7 Å². The number of carbonyl (C=O) groups excluding carboxylic acids is 1. The Morgan fingerprint density at radius 2 is 1.74 bits per heavy atom. The van der Waals surface area contributed by atoms with Crippen LogP contribution in [0.2, 0.25) is 0 Å². The van der Waals surface area contributed by atoms with Crippen LogP contribution >= 0.6 is 0 Å². The minimum atomic E-state index is -0.0324. The summed E-state index contributed by atoms with van der Waals surface area (Å²) in [7, 11) is 2.08. The highest BCUT2D eigenvalue weighted by Crippen LogP contribution is 2.05. The minimum absolute atomic E-state index is 0.0324. The molecule has 23 heavy (non-hydrogen) atoms. The highest BCUT2D eigenvalue weighted by atomic mass is 16.1. The fraction of sp³-hybridized carbons (Fsp3) is 0.368. The Bertz CT molecular complexity index is 620. The van der Waals surface area contributed by atoms with Crippen LogP contribution in [-0.2, 0) is 6.42 Å². The smallest absolute Gasteiger partial charge is 0.251 e. The van der Waals surface area contributed by atoms with Crippen molar-refractivity contribution in [1.82, 2.24) is 15.2 Å². The van der Waals surface area contributed by atoms with Gasteiger partial charge in [-0.25, -0.2) is 0 Å². The summed E-state index contributed by atoms with van der Waals surface area (Å²) in [5.41, 5.74) is 3.76. The van der Waals surface area contributed by atoms with Gasteiger partial charge in [-0.2, -0.15) is 0 Å². The van der Waals surface area contributed by atoms with Gasteiger partial charge in [-0.15, -0.1) is 0 Å². The van der Waals surface area contributed by atoms with Crippen molar-refractivity contribution in [3.8, 4) is 0 Å². The Balaban J connectivity index is 1.72. The summed E-state index contributed by atoms with van der Waals surface area (Å²) in [6.45, 7) is 6.27. The van der Waals surface area contributed by atoms with E-state index in [2.05, 4.69) is 46.5 Å². The molecule has 1 aromatic carbocycles. The van der Waals surface area contributed by atoms with Crippen molar-refractivity contribution in [2.45, 2.75) is 20.3 Å². The number of pyridine rings is 1. The number of benzene rings is 1. The van der Waals surface area contributed by atoms with E-state index < -0.39 is 0 Å². The molecule has 1 amide bonds. The molecule has 122 valence electrons. The van der Waals surface area contributed by atoms with Gasteiger partial charge in [0.1, 0.15) is 0 Å². The van der Waals surface area contributed by atoms with Gasteiger partial charge in [-0.3, -0.25) is 9.78 Å². The van der Waals surface area contributed by atoms with Gasteiger partial charge in [-0.1, -0.05) is 30.3 Å². The van der Waals surface area contributed by atoms with Gasteiger partial charge >= 0.3 is 0 Å². The first-order valence-electron chi connectivity index (χ1n) is 8.00. The van der Waals surface area contributed by atoms with Gasteiger partial charge in [0.25, 0.3) is 5.91 Å². The van der Waals surface area contributed by atoms with E-state index in [0.717, 1.165) is 30.9 Å². The number of hydrogen-bond donors (Lipinski definition) is 1. The summed E-state index contributed by atoms with van der Waals surface area (Å²) in [6, 6.07) is 14.1. The Morgan fingerprint density at radius 1 is 1.09 bits per heavy atom. The first-order valence-corrected chi connectivity index (χ1v) is 8.00. The zero-order chi connectivity index (χ0) is 16.7. The summed E-state index contributed by atoms with van der Waals surface area (Å²) in [5.74, 6) is -0.0324. The second kappa shape index (κ2) is 8.44. The molecule has 0 fully saturated rings. The van der Waals surface area contributed by atoms with Crippen molar-refractivity contribution < 1.29 is 4.79 Å². The van der Waals surface area contributed by atoms with E-state index in [1.165, 1.54) is 5.56 Å². The minimum Gasteiger partial charge on any atom is -0.351 e. The number of amides is 1. The van der Waals surface area contributed by atoms with E-state index in [1.54, 1.807) is 0 Å². The number of hydrogen-bond acceptors (Lipinski definition) is 3. The van der Waals surface area contributed by atoms with Crippen LogP contribution in [0.25, 0.3) is 0 Å². The molecule has 0 spiro atoms. The van der Waals surface area contributed by atoms with E-state index in [4.69, 9.17) is 0 Å². The molecule has 4 heteroatoms. The number of aryl methyl sites for hydroxylation is 2.